The number of aryl methyl sites for hydroxylation is 1. The maximum absolute atomic E-state index is 13.0. The van der Waals surface area contributed by atoms with E-state index >= 15 is 0 Å². The Labute approximate surface area is 144 Å². The highest BCUT2D eigenvalue weighted by Crippen LogP contribution is 2.35. The second-order valence-electron chi connectivity index (χ2n) is 6.48. The largest absolute Gasteiger partial charge is 0.460 e. The number of hydrogen-bond acceptors (Lipinski definition) is 6. The molecule has 0 aliphatic carbocycles. The van der Waals surface area contributed by atoms with Crippen LogP contribution >= 0.6 is 0 Å². The van der Waals surface area contributed by atoms with Gasteiger partial charge in [0.1, 0.15) is 17.4 Å². The lowest BCUT2D eigenvalue weighted by Gasteiger charge is -2.24. The lowest BCUT2D eigenvalue weighted by atomic mass is 10.1. The summed E-state index contributed by atoms with van der Waals surface area (Å²) in [6.45, 7) is 3.78. The number of para-hydroxylation sites is 1. The van der Waals surface area contributed by atoms with E-state index in [1.165, 1.54) is 0 Å². The second kappa shape index (κ2) is 6.00. The molecule has 2 aromatic heterocycles. The molecule has 3 heterocycles. The van der Waals surface area contributed by atoms with Gasteiger partial charge in [-0.15, -0.1) is 0 Å². The zero-order valence-electron chi connectivity index (χ0n) is 14.0. The van der Waals surface area contributed by atoms with Crippen molar-refractivity contribution in [2.75, 3.05) is 6.54 Å². The van der Waals surface area contributed by atoms with E-state index in [1.54, 1.807) is 18.7 Å². The summed E-state index contributed by atoms with van der Waals surface area (Å²) in [7, 11) is 0. The van der Waals surface area contributed by atoms with Crippen LogP contribution in [-0.4, -0.2) is 38.7 Å². The van der Waals surface area contributed by atoms with Crippen LogP contribution in [0.1, 0.15) is 42.8 Å². The molecule has 1 aliphatic heterocycles. The van der Waals surface area contributed by atoms with Crippen LogP contribution in [0.25, 0.3) is 11.0 Å². The molecule has 4 rings (SSSR count). The van der Waals surface area contributed by atoms with Crippen molar-refractivity contribution >= 4 is 16.9 Å². The van der Waals surface area contributed by atoms with Gasteiger partial charge in [-0.2, -0.15) is 4.98 Å². The first-order valence-corrected chi connectivity index (χ1v) is 8.30. The van der Waals surface area contributed by atoms with Gasteiger partial charge in [0.25, 0.3) is 0 Å². The van der Waals surface area contributed by atoms with Crippen LogP contribution < -0.4 is 0 Å². The van der Waals surface area contributed by atoms with Crippen molar-refractivity contribution < 1.29 is 18.8 Å². The van der Waals surface area contributed by atoms with E-state index in [0.717, 1.165) is 11.0 Å². The number of carbonyl (C=O) groups excluding carboxylic acids is 1. The molecule has 7 nitrogen and oxygen atoms in total. The number of amides is 1. The minimum absolute atomic E-state index is 0.128. The minimum atomic E-state index is -0.607. The van der Waals surface area contributed by atoms with E-state index in [9.17, 15) is 9.90 Å². The van der Waals surface area contributed by atoms with Crippen molar-refractivity contribution in [2.24, 2.45) is 0 Å². The zero-order chi connectivity index (χ0) is 17.6. The molecule has 1 N–H and O–H groups in total. The van der Waals surface area contributed by atoms with Gasteiger partial charge >= 0.3 is 0 Å². The Hall–Kier alpha value is -2.67. The van der Waals surface area contributed by atoms with E-state index in [-0.39, 0.29) is 12.5 Å². The number of nitrogens with zero attached hydrogens (tertiary/aromatic N) is 3. The first-order valence-electron chi connectivity index (χ1n) is 8.30. The summed E-state index contributed by atoms with van der Waals surface area (Å²) in [6.07, 6.45) is -0.218. The first kappa shape index (κ1) is 15.8. The van der Waals surface area contributed by atoms with Gasteiger partial charge in [0.05, 0.1) is 12.0 Å². The number of β-amino-alcohol motifs (C(OH)–C–C–N with tert-alkyl or cyclic N) is 1. The highest BCUT2D eigenvalue weighted by atomic mass is 16.5. The second-order valence-corrected chi connectivity index (χ2v) is 6.48. The number of rotatable bonds is 3. The van der Waals surface area contributed by atoms with E-state index in [4.69, 9.17) is 8.94 Å². The van der Waals surface area contributed by atoms with Crippen LogP contribution in [0.2, 0.25) is 0 Å². The van der Waals surface area contributed by atoms with E-state index in [1.807, 2.05) is 30.3 Å². The lowest BCUT2D eigenvalue weighted by Crippen LogP contribution is -2.35. The summed E-state index contributed by atoms with van der Waals surface area (Å²) < 4.78 is 11.0. The normalized spacial score (nSPS) is 21.8. The van der Waals surface area contributed by atoms with Crippen LogP contribution in [0.4, 0.5) is 0 Å². The fourth-order valence-corrected chi connectivity index (χ4v) is 3.33. The molecular formula is C18H19N3O4. The molecule has 1 fully saturated rings. The van der Waals surface area contributed by atoms with Gasteiger partial charge in [-0.3, -0.25) is 4.79 Å². The highest BCUT2D eigenvalue weighted by molar-refractivity contribution is 5.86. The maximum atomic E-state index is 13.0. The molecule has 3 atom stereocenters. The number of hydrogen-bond donors (Lipinski definition) is 1. The summed E-state index contributed by atoms with van der Waals surface area (Å²) in [5, 5.41) is 14.8. The molecule has 0 saturated carbocycles. The number of benzene rings is 1. The number of carbonyl (C=O) groups is 1. The van der Waals surface area contributed by atoms with Gasteiger partial charge in [0, 0.05) is 18.4 Å². The Bertz CT molecular complexity index is 883. The summed E-state index contributed by atoms with van der Waals surface area (Å²) in [5.74, 6) is 0.877. The molecule has 1 saturated heterocycles. The average molecular weight is 341 g/mol. The van der Waals surface area contributed by atoms with Gasteiger partial charge in [0.2, 0.25) is 11.8 Å². The number of aromatic nitrogens is 2. The monoisotopic (exact) mass is 341 g/mol. The molecule has 0 spiro atoms. The highest BCUT2D eigenvalue weighted by Gasteiger charge is 2.40. The molecule has 0 unspecified atom stereocenters. The number of likely N-dealkylation sites (tertiary alicyclic amines) is 1. The summed E-state index contributed by atoms with van der Waals surface area (Å²) in [5.41, 5.74) is 0.752. The molecule has 7 heteroatoms. The third kappa shape index (κ3) is 2.80. The average Bonchev–Trinajstić information content (AvgIpc) is 3.30. The van der Waals surface area contributed by atoms with Crippen LogP contribution in [0.3, 0.4) is 0 Å². The fraction of sp³-hybridized carbons (Fsp3) is 0.389. The van der Waals surface area contributed by atoms with Crippen LogP contribution in [-0.2, 0) is 4.79 Å². The predicted octanol–water partition coefficient (Wildman–Crippen LogP) is 2.56. The van der Waals surface area contributed by atoms with Gasteiger partial charge in [0.15, 0.2) is 5.82 Å². The van der Waals surface area contributed by atoms with Crippen molar-refractivity contribution in [1.29, 1.82) is 0 Å². The third-order valence-electron chi connectivity index (χ3n) is 4.63. The fourth-order valence-electron chi connectivity index (χ4n) is 3.33. The third-order valence-corrected chi connectivity index (χ3v) is 4.63. The van der Waals surface area contributed by atoms with Crippen molar-refractivity contribution in [3.8, 4) is 0 Å². The molecule has 0 bridgehead atoms. The first-order chi connectivity index (χ1) is 12.0. The van der Waals surface area contributed by atoms with Crippen LogP contribution in [0.5, 0.6) is 0 Å². The molecule has 1 amide bonds. The van der Waals surface area contributed by atoms with Crippen LogP contribution in [0.15, 0.2) is 39.3 Å². The number of furan rings is 1. The van der Waals surface area contributed by atoms with Crippen molar-refractivity contribution in [1.82, 2.24) is 15.0 Å². The Kier molecular flexibility index (Phi) is 3.80. The maximum Gasteiger partial charge on any atom is 0.249 e. The Balaban J connectivity index is 1.61. The quantitative estimate of drug-likeness (QED) is 0.787. The Morgan fingerprint density at radius 3 is 2.92 bits per heavy atom. The zero-order valence-corrected chi connectivity index (χ0v) is 14.0. The molecule has 0 radical (unpaired) electrons. The number of fused-ring (bicyclic) bond motifs is 1. The minimum Gasteiger partial charge on any atom is -0.460 e. The Morgan fingerprint density at radius 1 is 1.40 bits per heavy atom. The van der Waals surface area contributed by atoms with Crippen molar-refractivity contribution in [3.63, 3.8) is 0 Å². The molecule has 3 aromatic rings. The van der Waals surface area contributed by atoms with Gasteiger partial charge in [-0.25, -0.2) is 0 Å². The SMILES string of the molecule is Cc1noc([C@H]2C[C@@H](O)CN2C(=O)[C@H](C)c2cc3ccccc3o2)n1. The number of aliphatic hydroxyl groups is 1. The molecule has 1 aliphatic rings. The topological polar surface area (TPSA) is 92.6 Å². The van der Waals surface area contributed by atoms with Crippen LogP contribution in [0, 0.1) is 6.92 Å². The number of aliphatic hydroxyl groups excluding tert-OH is 1. The summed E-state index contributed by atoms with van der Waals surface area (Å²) in [4.78, 5) is 18.9. The smallest absolute Gasteiger partial charge is 0.249 e. The lowest BCUT2D eigenvalue weighted by molar-refractivity contribution is -0.134. The summed E-state index contributed by atoms with van der Waals surface area (Å²) in [6, 6.07) is 9.13. The molecular weight excluding hydrogens is 322 g/mol. The van der Waals surface area contributed by atoms with E-state index in [0.29, 0.717) is 23.9 Å². The molecule has 130 valence electrons. The van der Waals surface area contributed by atoms with E-state index in [2.05, 4.69) is 10.1 Å². The van der Waals surface area contributed by atoms with Gasteiger partial charge in [-0.1, -0.05) is 23.4 Å². The van der Waals surface area contributed by atoms with Gasteiger partial charge in [-0.05, 0) is 26.0 Å². The van der Waals surface area contributed by atoms with E-state index < -0.39 is 18.1 Å². The Morgan fingerprint density at radius 2 is 2.20 bits per heavy atom. The van der Waals surface area contributed by atoms with Crippen molar-refractivity contribution in [2.45, 2.75) is 38.3 Å². The molecule has 1 aromatic carbocycles. The van der Waals surface area contributed by atoms with Gasteiger partial charge < -0.3 is 18.9 Å². The molecule has 25 heavy (non-hydrogen) atoms. The predicted molar refractivity (Wildman–Crippen MR) is 88.7 cm³/mol. The standard InChI is InChI=1S/C18H19N3O4/c1-10(16-7-12-5-3-4-6-15(12)24-16)18(23)21-9-13(22)8-14(21)17-19-11(2)20-25-17/h3-7,10,13-14,22H,8-9H2,1-2H3/t10-,13-,14-/m1/s1. The summed E-state index contributed by atoms with van der Waals surface area (Å²) >= 11 is 0. The van der Waals surface area contributed by atoms with Crippen molar-refractivity contribution in [3.05, 3.63) is 47.8 Å².